The van der Waals surface area contributed by atoms with Crippen LogP contribution in [0.1, 0.15) is 29.0 Å². The van der Waals surface area contributed by atoms with Crippen LogP contribution in [0, 0.1) is 0 Å². The first kappa shape index (κ1) is 21.3. The largest absolute Gasteiger partial charge is 0.480 e. The third-order valence-electron chi connectivity index (χ3n) is 4.58. The summed E-state index contributed by atoms with van der Waals surface area (Å²) in [5.41, 5.74) is 2.66. The molecule has 0 spiro atoms. The van der Waals surface area contributed by atoms with Gasteiger partial charge in [-0.05, 0) is 30.7 Å². The van der Waals surface area contributed by atoms with Crippen molar-refractivity contribution in [3.05, 3.63) is 71.9 Å². The van der Waals surface area contributed by atoms with E-state index in [0.717, 1.165) is 5.56 Å². The number of sulfone groups is 1. The molecule has 30 heavy (non-hydrogen) atoms. The average Bonchev–Trinajstić information content (AvgIpc) is 3.09. The number of carboxylic acids is 1. The van der Waals surface area contributed by atoms with E-state index in [1.165, 1.54) is 16.8 Å². The number of carbonyl (C=O) groups is 2. The van der Waals surface area contributed by atoms with Crippen molar-refractivity contribution in [2.24, 2.45) is 7.05 Å². The third-order valence-corrected chi connectivity index (χ3v) is 6.20. The van der Waals surface area contributed by atoms with Gasteiger partial charge in [-0.1, -0.05) is 42.5 Å². The van der Waals surface area contributed by atoms with E-state index < -0.39 is 27.6 Å². The van der Waals surface area contributed by atoms with Gasteiger partial charge in [-0.2, -0.15) is 5.10 Å². The van der Waals surface area contributed by atoms with Gasteiger partial charge in [0.05, 0.1) is 16.6 Å². The molecule has 1 aromatic heterocycles. The van der Waals surface area contributed by atoms with Crippen LogP contribution >= 0.6 is 0 Å². The molecule has 0 bridgehead atoms. The summed E-state index contributed by atoms with van der Waals surface area (Å²) in [6, 6.07) is 16.6. The molecule has 3 aromatic rings. The van der Waals surface area contributed by atoms with Crippen molar-refractivity contribution in [3.63, 3.8) is 0 Å². The Kier molecular flexibility index (Phi) is 6.02. The van der Waals surface area contributed by atoms with Crippen LogP contribution in [0.3, 0.4) is 0 Å². The molecule has 0 unspecified atom stereocenters. The molecule has 2 aromatic carbocycles. The molecule has 9 heteroatoms. The number of nitrogens with one attached hydrogen (secondary N) is 1. The van der Waals surface area contributed by atoms with Crippen molar-refractivity contribution in [2.75, 3.05) is 5.75 Å². The number of aromatic nitrogens is 2. The van der Waals surface area contributed by atoms with Gasteiger partial charge in [-0.3, -0.25) is 14.3 Å². The number of benzene rings is 2. The lowest BCUT2D eigenvalue weighted by Crippen LogP contribution is -2.28. The Hall–Kier alpha value is -3.46. The van der Waals surface area contributed by atoms with Crippen LogP contribution < -0.4 is 5.32 Å². The fraction of sp³-hybridized carbons (Fsp3) is 0.190. The molecular weight excluding hydrogens is 406 g/mol. The molecule has 3 rings (SSSR count). The zero-order chi connectivity index (χ0) is 21.9. The van der Waals surface area contributed by atoms with Gasteiger partial charge >= 0.3 is 5.97 Å². The van der Waals surface area contributed by atoms with E-state index in [0.29, 0.717) is 17.0 Å². The zero-order valence-corrected chi connectivity index (χ0v) is 17.3. The van der Waals surface area contributed by atoms with Crippen LogP contribution in [0.15, 0.2) is 65.6 Å². The summed E-state index contributed by atoms with van der Waals surface area (Å²) in [4.78, 5) is 23.3. The number of carboxylic acid groups (broad SMARTS) is 1. The maximum atomic E-state index is 12.7. The van der Waals surface area contributed by atoms with Crippen LogP contribution in [0.25, 0.3) is 11.3 Å². The van der Waals surface area contributed by atoms with Crippen LogP contribution in [0.5, 0.6) is 0 Å². The second-order valence-corrected chi connectivity index (χ2v) is 8.81. The van der Waals surface area contributed by atoms with Crippen LogP contribution in [-0.4, -0.2) is 40.9 Å². The van der Waals surface area contributed by atoms with Crippen molar-refractivity contribution in [3.8, 4) is 11.3 Å². The molecule has 0 fully saturated rings. The standard InChI is InChI=1S/C21H21N3O5S/c1-14(15-8-10-17(11-9-15)30(28,29)13-20(25)26)22-21(27)19-12-18(23-24(19)2)16-6-4-3-5-7-16/h3-12,14H,13H2,1-2H3,(H,22,27)(H,25,26)/t14-/m1/s1. The molecule has 0 aliphatic heterocycles. The molecule has 0 aliphatic carbocycles. The Labute approximate surface area is 174 Å². The highest BCUT2D eigenvalue weighted by Crippen LogP contribution is 2.20. The Morgan fingerprint density at radius 1 is 1.10 bits per heavy atom. The Morgan fingerprint density at radius 3 is 2.33 bits per heavy atom. The lowest BCUT2D eigenvalue weighted by Gasteiger charge is -2.15. The van der Waals surface area contributed by atoms with Gasteiger partial charge in [-0.25, -0.2) is 8.42 Å². The van der Waals surface area contributed by atoms with Crippen molar-refractivity contribution < 1.29 is 23.1 Å². The van der Waals surface area contributed by atoms with E-state index in [9.17, 15) is 18.0 Å². The SMILES string of the molecule is C[C@@H](NC(=O)c1cc(-c2ccccc2)nn1C)c1ccc(S(=O)(=O)CC(=O)O)cc1. The maximum Gasteiger partial charge on any atom is 0.319 e. The summed E-state index contributed by atoms with van der Waals surface area (Å²) >= 11 is 0. The quantitative estimate of drug-likeness (QED) is 0.598. The van der Waals surface area contributed by atoms with Crippen LogP contribution in [0.4, 0.5) is 0 Å². The predicted octanol–water partition coefficient (Wildman–Crippen LogP) is 2.44. The lowest BCUT2D eigenvalue weighted by atomic mass is 10.1. The molecule has 0 saturated carbocycles. The monoisotopic (exact) mass is 427 g/mol. The van der Waals surface area contributed by atoms with Gasteiger partial charge in [0.25, 0.3) is 5.91 Å². The van der Waals surface area contributed by atoms with Crippen molar-refractivity contribution in [2.45, 2.75) is 17.9 Å². The topological polar surface area (TPSA) is 118 Å². The highest BCUT2D eigenvalue weighted by atomic mass is 32.2. The van der Waals surface area contributed by atoms with E-state index in [1.807, 2.05) is 30.3 Å². The first-order chi connectivity index (χ1) is 14.2. The van der Waals surface area contributed by atoms with E-state index >= 15 is 0 Å². The smallest absolute Gasteiger partial charge is 0.319 e. The van der Waals surface area contributed by atoms with Gasteiger partial charge in [0.2, 0.25) is 0 Å². The zero-order valence-electron chi connectivity index (χ0n) is 16.4. The minimum absolute atomic E-state index is 0.0775. The Balaban J connectivity index is 1.73. The van der Waals surface area contributed by atoms with E-state index in [-0.39, 0.29) is 10.8 Å². The Morgan fingerprint density at radius 2 is 1.73 bits per heavy atom. The fourth-order valence-corrected chi connectivity index (χ4v) is 4.04. The number of carbonyl (C=O) groups excluding carboxylic acids is 1. The van der Waals surface area contributed by atoms with Crippen LogP contribution in [0.2, 0.25) is 0 Å². The van der Waals surface area contributed by atoms with Gasteiger partial charge in [-0.15, -0.1) is 0 Å². The molecule has 0 saturated heterocycles. The van der Waals surface area contributed by atoms with E-state index in [4.69, 9.17) is 5.11 Å². The first-order valence-electron chi connectivity index (χ1n) is 9.12. The number of aryl methyl sites for hydroxylation is 1. The molecule has 0 aliphatic rings. The molecule has 1 amide bonds. The molecule has 156 valence electrons. The van der Waals surface area contributed by atoms with Crippen molar-refractivity contribution in [1.82, 2.24) is 15.1 Å². The number of amides is 1. The predicted molar refractivity (Wildman–Crippen MR) is 111 cm³/mol. The minimum atomic E-state index is -3.90. The number of nitrogens with zero attached hydrogens (tertiary/aromatic N) is 2. The summed E-state index contributed by atoms with van der Waals surface area (Å²) in [5, 5.41) is 16.0. The second-order valence-electron chi connectivity index (χ2n) is 6.82. The summed E-state index contributed by atoms with van der Waals surface area (Å²) < 4.78 is 25.5. The molecule has 0 radical (unpaired) electrons. The number of rotatable bonds is 7. The van der Waals surface area contributed by atoms with Crippen molar-refractivity contribution >= 4 is 21.7 Å². The Bertz CT molecular complexity index is 1170. The number of aliphatic carboxylic acids is 1. The molecule has 1 heterocycles. The highest BCUT2D eigenvalue weighted by molar-refractivity contribution is 7.92. The molecule has 2 N–H and O–H groups in total. The highest BCUT2D eigenvalue weighted by Gasteiger charge is 2.20. The number of hydrogen-bond acceptors (Lipinski definition) is 5. The van der Waals surface area contributed by atoms with Gasteiger partial charge in [0.1, 0.15) is 5.69 Å². The summed E-state index contributed by atoms with van der Waals surface area (Å²) in [7, 11) is -2.21. The molecule has 8 nitrogen and oxygen atoms in total. The minimum Gasteiger partial charge on any atom is -0.480 e. The third kappa shape index (κ3) is 4.74. The summed E-state index contributed by atoms with van der Waals surface area (Å²) in [6.07, 6.45) is 0. The summed E-state index contributed by atoms with van der Waals surface area (Å²) in [5.74, 6) is -2.70. The second kappa shape index (κ2) is 8.50. The normalized spacial score (nSPS) is 12.3. The number of hydrogen-bond donors (Lipinski definition) is 2. The molecule has 1 atom stereocenters. The van der Waals surface area contributed by atoms with Gasteiger partial charge in [0.15, 0.2) is 15.6 Å². The van der Waals surface area contributed by atoms with E-state index in [2.05, 4.69) is 10.4 Å². The molecular formula is C21H21N3O5S. The van der Waals surface area contributed by atoms with E-state index in [1.54, 1.807) is 32.2 Å². The maximum absolute atomic E-state index is 12.7. The lowest BCUT2D eigenvalue weighted by molar-refractivity contribution is -0.134. The summed E-state index contributed by atoms with van der Waals surface area (Å²) in [6.45, 7) is 1.77. The van der Waals surface area contributed by atoms with Crippen LogP contribution in [-0.2, 0) is 21.7 Å². The van der Waals surface area contributed by atoms with Crippen molar-refractivity contribution in [1.29, 1.82) is 0 Å². The van der Waals surface area contributed by atoms with Gasteiger partial charge in [0, 0.05) is 12.6 Å². The van der Waals surface area contributed by atoms with Gasteiger partial charge < -0.3 is 10.4 Å². The first-order valence-corrected chi connectivity index (χ1v) is 10.8. The fourth-order valence-electron chi connectivity index (χ4n) is 2.99. The average molecular weight is 427 g/mol.